The summed E-state index contributed by atoms with van der Waals surface area (Å²) in [5.74, 6) is 0.404. The molecule has 6 nitrogen and oxygen atoms in total. The van der Waals surface area contributed by atoms with E-state index in [2.05, 4.69) is 4.98 Å². The van der Waals surface area contributed by atoms with Gasteiger partial charge in [0.05, 0.1) is 11.2 Å². The molecular formula is C20H22N4O2. The third-order valence-corrected chi connectivity index (χ3v) is 4.82. The van der Waals surface area contributed by atoms with Crippen molar-refractivity contribution in [1.29, 1.82) is 0 Å². The highest BCUT2D eigenvalue weighted by atomic mass is 16.3. The topological polar surface area (TPSA) is 113 Å². The Morgan fingerprint density at radius 3 is 2.50 bits per heavy atom. The number of H-pyrrole nitrogens is 1. The van der Waals surface area contributed by atoms with Crippen molar-refractivity contribution in [3.05, 3.63) is 53.9 Å². The van der Waals surface area contributed by atoms with Crippen molar-refractivity contribution in [3.8, 4) is 17.2 Å². The highest BCUT2D eigenvalue weighted by Gasteiger charge is 2.18. The van der Waals surface area contributed by atoms with Crippen molar-refractivity contribution in [3.63, 3.8) is 0 Å². The molecule has 0 fully saturated rings. The monoisotopic (exact) mass is 350 g/mol. The first-order chi connectivity index (χ1) is 12.6. The van der Waals surface area contributed by atoms with Gasteiger partial charge in [0.1, 0.15) is 11.5 Å². The van der Waals surface area contributed by atoms with Crippen molar-refractivity contribution < 1.29 is 10.2 Å². The molecule has 0 aliphatic heterocycles. The number of nitrogens with one attached hydrogen (secondary N) is 1. The molecule has 0 bridgehead atoms. The summed E-state index contributed by atoms with van der Waals surface area (Å²) in [5.41, 5.74) is 16.2. The van der Waals surface area contributed by atoms with Gasteiger partial charge in [0.15, 0.2) is 0 Å². The molecular weight excluding hydrogens is 328 g/mol. The van der Waals surface area contributed by atoms with Crippen molar-refractivity contribution in [1.82, 2.24) is 9.55 Å². The van der Waals surface area contributed by atoms with Crippen LogP contribution in [0.4, 0.5) is 0 Å². The van der Waals surface area contributed by atoms with Crippen molar-refractivity contribution in [2.24, 2.45) is 11.5 Å². The van der Waals surface area contributed by atoms with Gasteiger partial charge in [-0.15, -0.1) is 0 Å². The first kappa shape index (κ1) is 16.5. The van der Waals surface area contributed by atoms with Crippen LogP contribution in [0.1, 0.15) is 11.1 Å². The van der Waals surface area contributed by atoms with Gasteiger partial charge in [-0.05, 0) is 67.4 Å². The summed E-state index contributed by atoms with van der Waals surface area (Å²) in [4.78, 5) is 3.26. The molecule has 7 N–H and O–H groups in total. The Hall–Kier alpha value is -2.96. The zero-order chi connectivity index (χ0) is 18.3. The minimum Gasteiger partial charge on any atom is -0.508 e. The molecule has 0 radical (unpaired) electrons. The standard InChI is InChI=1S/C20H22N4O2/c21-7-5-12-10-23-16-2-4-18(26)20(19(12)16)24-11-13(6-8-22)15-9-14(25)1-3-17(15)24/h1-4,9-11,23,25-26H,5-8,21-22H2. The van der Waals surface area contributed by atoms with Gasteiger partial charge in [-0.1, -0.05) is 0 Å². The van der Waals surface area contributed by atoms with Crippen LogP contribution in [0.5, 0.6) is 11.5 Å². The van der Waals surface area contributed by atoms with Gasteiger partial charge in [-0.25, -0.2) is 0 Å². The lowest BCUT2D eigenvalue weighted by molar-refractivity contribution is 0.473. The second kappa shape index (κ2) is 6.40. The second-order valence-electron chi connectivity index (χ2n) is 6.47. The highest BCUT2D eigenvalue weighted by Crippen LogP contribution is 2.37. The lowest BCUT2D eigenvalue weighted by Crippen LogP contribution is -2.03. The summed E-state index contributed by atoms with van der Waals surface area (Å²) in [7, 11) is 0. The van der Waals surface area contributed by atoms with E-state index in [4.69, 9.17) is 11.5 Å². The number of aromatic hydroxyl groups is 2. The normalized spacial score (nSPS) is 11.6. The van der Waals surface area contributed by atoms with E-state index in [0.29, 0.717) is 31.6 Å². The van der Waals surface area contributed by atoms with E-state index >= 15 is 0 Å². The zero-order valence-electron chi connectivity index (χ0n) is 14.4. The Morgan fingerprint density at radius 1 is 0.962 bits per heavy atom. The van der Waals surface area contributed by atoms with Crippen LogP contribution in [0.15, 0.2) is 42.7 Å². The average Bonchev–Trinajstić information content (AvgIpc) is 3.18. The van der Waals surface area contributed by atoms with Crippen LogP contribution >= 0.6 is 0 Å². The number of hydrogen-bond donors (Lipinski definition) is 5. The predicted octanol–water partition coefficient (Wildman–Crippen LogP) is 2.53. The minimum absolute atomic E-state index is 0.194. The van der Waals surface area contributed by atoms with Crippen LogP contribution in [0.3, 0.4) is 0 Å². The lowest BCUT2D eigenvalue weighted by atomic mass is 10.1. The molecule has 4 aromatic rings. The Bertz CT molecular complexity index is 1090. The maximum atomic E-state index is 10.7. The maximum absolute atomic E-state index is 10.7. The maximum Gasteiger partial charge on any atom is 0.140 e. The smallest absolute Gasteiger partial charge is 0.140 e. The molecule has 0 saturated heterocycles. The van der Waals surface area contributed by atoms with Crippen molar-refractivity contribution in [2.75, 3.05) is 13.1 Å². The van der Waals surface area contributed by atoms with Gasteiger partial charge >= 0.3 is 0 Å². The fraction of sp³-hybridized carbons (Fsp3) is 0.200. The summed E-state index contributed by atoms with van der Waals surface area (Å²) < 4.78 is 1.98. The van der Waals surface area contributed by atoms with Gasteiger partial charge in [0.2, 0.25) is 0 Å². The molecule has 0 aliphatic carbocycles. The van der Waals surface area contributed by atoms with Crippen LogP contribution in [-0.4, -0.2) is 32.9 Å². The Balaban J connectivity index is 2.07. The molecule has 0 amide bonds. The van der Waals surface area contributed by atoms with Gasteiger partial charge in [0.25, 0.3) is 0 Å². The summed E-state index contributed by atoms with van der Waals surface area (Å²) in [5, 5.41) is 22.5. The molecule has 0 spiro atoms. The highest BCUT2D eigenvalue weighted by molar-refractivity contribution is 5.97. The fourth-order valence-electron chi connectivity index (χ4n) is 3.69. The van der Waals surface area contributed by atoms with Crippen molar-refractivity contribution in [2.45, 2.75) is 12.8 Å². The number of phenols is 2. The summed E-state index contributed by atoms with van der Waals surface area (Å²) in [6.45, 7) is 1.04. The van der Waals surface area contributed by atoms with E-state index in [1.165, 1.54) is 0 Å². The number of aromatic amines is 1. The Kier molecular flexibility index (Phi) is 4.06. The van der Waals surface area contributed by atoms with Gasteiger partial charge < -0.3 is 31.2 Å². The third kappa shape index (κ3) is 2.51. The van der Waals surface area contributed by atoms with E-state index in [9.17, 15) is 10.2 Å². The molecule has 2 heterocycles. The SMILES string of the molecule is NCCc1cn(-c2c(O)ccc3[nH]cc(CCN)c23)c2ccc(O)cc12. The number of hydrogen-bond acceptors (Lipinski definition) is 4. The number of fused-ring (bicyclic) bond motifs is 2. The van der Waals surface area contributed by atoms with Gasteiger partial charge in [0, 0.05) is 28.7 Å². The van der Waals surface area contributed by atoms with E-state index in [1.807, 2.05) is 29.1 Å². The Morgan fingerprint density at radius 2 is 1.73 bits per heavy atom. The number of phenolic OH excluding ortho intramolecular Hbond substituents is 2. The molecule has 134 valence electrons. The number of aromatic nitrogens is 2. The van der Waals surface area contributed by atoms with Crippen LogP contribution in [-0.2, 0) is 12.8 Å². The van der Waals surface area contributed by atoms with Crippen LogP contribution in [0, 0.1) is 0 Å². The largest absolute Gasteiger partial charge is 0.508 e. The second-order valence-corrected chi connectivity index (χ2v) is 6.47. The lowest BCUT2D eigenvalue weighted by Gasteiger charge is -2.11. The summed E-state index contributed by atoms with van der Waals surface area (Å²) in [6.07, 6.45) is 5.34. The summed E-state index contributed by atoms with van der Waals surface area (Å²) >= 11 is 0. The zero-order valence-corrected chi connectivity index (χ0v) is 14.4. The first-order valence-electron chi connectivity index (χ1n) is 8.69. The Labute approximate surface area is 150 Å². The predicted molar refractivity (Wildman–Crippen MR) is 104 cm³/mol. The summed E-state index contributed by atoms with van der Waals surface area (Å²) in [6, 6.07) is 8.81. The van der Waals surface area contributed by atoms with Crippen LogP contribution < -0.4 is 11.5 Å². The van der Waals surface area contributed by atoms with Crippen molar-refractivity contribution >= 4 is 21.8 Å². The van der Waals surface area contributed by atoms with Crippen LogP contribution in [0.25, 0.3) is 27.5 Å². The van der Waals surface area contributed by atoms with Gasteiger partial charge in [-0.3, -0.25) is 0 Å². The number of benzene rings is 2. The third-order valence-electron chi connectivity index (χ3n) is 4.82. The molecule has 6 heteroatoms. The van der Waals surface area contributed by atoms with Gasteiger partial charge in [-0.2, -0.15) is 0 Å². The minimum atomic E-state index is 0.194. The molecule has 2 aromatic carbocycles. The fourth-order valence-corrected chi connectivity index (χ4v) is 3.69. The molecule has 0 atom stereocenters. The molecule has 0 aliphatic rings. The molecule has 0 unspecified atom stereocenters. The number of nitrogens with two attached hydrogens (primary N) is 2. The molecule has 0 saturated carbocycles. The molecule has 26 heavy (non-hydrogen) atoms. The molecule has 2 aromatic heterocycles. The van der Waals surface area contributed by atoms with E-state index < -0.39 is 0 Å². The first-order valence-corrected chi connectivity index (χ1v) is 8.69. The molecule has 4 rings (SSSR count). The van der Waals surface area contributed by atoms with Crippen LogP contribution in [0.2, 0.25) is 0 Å². The van der Waals surface area contributed by atoms with E-state index in [-0.39, 0.29) is 11.5 Å². The average molecular weight is 350 g/mol. The number of rotatable bonds is 5. The number of nitrogens with zero attached hydrogens (tertiary/aromatic N) is 1. The van der Waals surface area contributed by atoms with E-state index in [1.54, 1.807) is 18.2 Å². The quantitative estimate of drug-likeness (QED) is 0.380. The van der Waals surface area contributed by atoms with E-state index in [0.717, 1.165) is 32.9 Å².